The highest BCUT2D eigenvalue weighted by Crippen LogP contribution is 2.14. The van der Waals surface area contributed by atoms with Gasteiger partial charge in [-0.05, 0) is 55.3 Å². The largest absolute Gasteiger partial charge is 0.465 e. The second-order valence-corrected chi connectivity index (χ2v) is 6.53. The van der Waals surface area contributed by atoms with Gasteiger partial charge in [0.2, 0.25) is 0 Å². The molecule has 0 aliphatic rings. The van der Waals surface area contributed by atoms with E-state index >= 15 is 0 Å². The molecule has 0 heterocycles. The Morgan fingerprint density at radius 3 is 2.19 bits per heavy atom. The number of ether oxygens (including phenoxy) is 1. The first-order valence-electron chi connectivity index (χ1n) is 7.99. The van der Waals surface area contributed by atoms with Crippen molar-refractivity contribution in [2.24, 2.45) is 0 Å². The number of hydrogen-bond acceptors (Lipinski definition) is 5. The first-order chi connectivity index (χ1) is 9.66. The van der Waals surface area contributed by atoms with Crippen LogP contribution in [0.1, 0.15) is 41.5 Å². The molecule has 1 N–H and O–H groups in total. The Bertz CT molecular complexity index is 308. The first kappa shape index (κ1) is 20.3. The molecule has 5 nitrogen and oxygen atoms in total. The Morgan fingerprint density at radius 1 is 1.24 bits per heavy atom. The minimum Gasteiger partial charge on any atom is -0.465 e. The predicted molar refractivity (Wildman–Crippen MR) is 88.6 cm³/mol. The maximum Gasteiger partial charge on any atom is 0.327 e. The van der Waals surface area contributed by atoms with Crippen LogP contribution in [0.5, 0.6) is 0 Å². The van der Waals surface area contributed by atoms with Gasteiger partial charge in [0.15, 0.2) is 0 Å². The van der Waals surface area contributed by atoms with Crippen molar-refractivity contribution in [1.82, 2.24) is 15.1 Å². The summed E-state index contributed by atoms with van der Waals surface area (Å²) in [5.74, 6) is -0.172. The van der Waals surface area contributed by atoms with Crippen molar-refractivity contribution < 1.29 is 9.53 Å². The zero-order chi connectivity index (χ0) is 16.6. The van der Waals surface area contributed by atoms with E-state index < -0.39 is 5.54 Å². The van der Waals surface area contributed by atoms with Gasteiger partial charge in [-0.1, -0.05) is 6.92 Å². The molecule has 0 bridgehead atoms. The van der Waals surface area contributed by atoms with Gasteiger partial charge in [0.1, 0.15) is 5.54 Å². The van der Waals surface area contributed by atoms with E-state index in [1.54, 1.807) is 0 Å². The number of esters is 1. The van der Waals surface area contributed by atoms with Gasteiger partial charge in [0.25, 0.3) is 0 Å². The summed E-state index contributed by atoms with van der Waals surface area (Å²) < 4.78 is 5.28. The molecule has 0 radical (unpaired) electrons. The number of hydrogen-bond donors (Lipinski definition) is 1. The van der Waals surface area contributed by atoms with Crippen LogP contribution in [0, 0.1) is 0 Å². The van der Waals surface area contributed by atoms with Crippen LogP contribution in [0.3, 0.4) is 0 Å². The summed E-state index contributed by atoms with van der Waals surface area (Å²) in [4.78, 5) is 16.9. The third kappa shape index (κ3) is 7.25. The van der Waals surface area contributed by atoms with E-state index in [1.807, 2.05) is 13.8 Å². The van der Waals surface area contributed by atoms with E-state index in [2.05, 4.69) is 56.9 Å². The van der Waals surface area contributed by atoms with E-state index in [9.17, 15) is 4.79 Å². The van der Waals surface area contributed by atoms with E-state index in [-0.39, 0.29) is 12.0 Å². The van der Waals surface area contributed by atoms with Crippen LogP contribution in [0.15, 0.2) is 0 Å². The van der Waals surface area contributed by atoms with Crippen molar-refractivity contribution in [3.8, 4) is 0 Å². The number of carbonyl (C=O) groups is 1. The SMILES string of the molecule is CCOC(=O)C(C)(CN(CC)C(C)CN(C)C)NC(C)C. The molecule has 126 valence electrons. The van der Waals surface area contributed by atoms with Crippen LogP contribution in [0.4, 0.5) is 0 Å². The smallest absolute Gasteiger partial charge is 0.327 e. The van der Waals surface area contributed by atoms with Crippen molar-refractivity contribution in [2.75, 3.05) is 40.3 Å². The molecule has 0 aliphatic heterocycles. The maximum atomic E-state index is 12.4. The fourth-order valence-electron chi connectivity index (χ4n) is 2.73. The molecule has 0 saturated heterocycles. The van der Waals surface area contributed by atoms with Crippen molar-refractivity contribution in [2.45, 2.75) is 59.2 Å². The minimum atomic E-state index is -0.680. The summed E-state index contributed by atoms with van der Waals surface area (Å²) in [6.45, 7) is 15.2. The molecular weight excluding hydrogens is 266 g/mol. The fraction of sp³-hybridized carbons (Fsp3) is 0.938. The number of nitrogens with one attached hydrogen (secondary N) is 1. The van der Waals surface area contributed by atoms with Gasteiger partial charge < -0.3 is 9.64 Å². The summed E-state index contributed by atoms with van der Waals surface area (Å²) >= 11 is 0. The van der Waals surface area contributed by atoms with Crippen LogP contribution in [-0.2, 0) is 9.53 Å². The van der Waals surface area contributed by atoms with Crippen molar-refractivity contribution in [3.05, 3.63) is 0 Å². The van der Waals surface area contributed by atoms with E-state index in [0.717, 1.165) is 13.1 Å². The Morgan fingerprint density at radius 2 is 1.81 bits per heavy atom. The first-order valence-corrected chi connectivity index (χ1v) is 7.99. The lowest BCUT2D eigenvalue weighted by atomic mass is 9.99. The topological polar surface area (TPSA) is 44.8 Å². The predicted octanol–water partition coefficient (Wildman–Crippen LogP) is 1.58. The Kier molecular flexibility index (Phi) is 9.09. The molecule has 2 unspecified atom stereocenters. The molecular formula is C16H35N3O2. The van der Waals surface area contributed by atoms with Crippen LogP contribution < -0.4 is 5.32 Å². The van der Waals surface area contributed by atoms with Gasteiger partial charge >= 0.3 is 5.97 Å². The molecule has 0 aromatic heterocycles. The molecule has 21 heavy (non-hydrogen) atoms. The number of carbonyl (C=O) groups excluding carboxylic acids is 1. The maximum absolute atomic E-state index is 12.4. The Labute approximate surface area is 131 Å². The summed E-state index contributed by atoms with van der Waals surface area (Å²) in [7, 11) is 4.14. The van der Waals surface area contributed by atoms with Crippen molar-refractivity contribution in [1.29, 1.82) is 0 Å². The van der Waals surface area contributed by atoms with Crippen LogP contribution in [0.2, 0.25) is 0 Å². The highest BCUT2D eigenvalue weighted by molar-refractivity contribution is 5.80. The lowest BCUT2D eigenvalue weighted by molar-refractivity contribution is -0.152. The number of likely N-dealkylation sites (N-methyl/N-ethyl adjacent to an activating group) is 2. The van der Waals surface area contributed by atoms with Crippen molar-refractivity contribution >= 4 is 5.97 Å². The number of nitrogens with zero attached hydrogens (tertiary/aromatic N) is 2. The van der Waals surface area contributed by atoms with Crippen LogP contribution in [-0.4, -0.2) is 73.7 Å². The van der Waals surface area contributed by atoms with Gasteiger partial charge in [-0.15, -0.1) is 0 Å². The average molecular weight is 301 g/mol. The lowest BCUT2D eigenvalue weighted by Gasteiger charge is -2.38. The molecule has 0 amide bonds. The molecule has 0 fully saturated rings. The minimum absolute atomic E-state index is 0.172. The highest BCUT2D eigenvalue weighted by atomic mass is 16.5. The second-order valence-electron chi connectivity index (χ2n) is 6.53. The van der Waals surface area contributed by atoms with Gasteiger partial charge in [-0.25, -0.2) is 0 Å². The van der Waals surface area contributed by atoms with Crippen molar-refractivity contribution in [3.63, 3.8) is 0 Å². The quantitative estimate of drug-likeness (QED) is 0.621. The Balaban J connectivity index is 5.02. The van der Waals surface area contributed by atoms with E-state index in [0.29, 0.717) is 19.2 Å². The normalized spacial score (nSPS) is 16.3. The molecule has 0 saturated carbocycles. The average Bonchev–Trinajstić information content (AvgIpc) is 2.34. The van der Waals surface area contributed by atoms with Gasteiger partial charge in [-0.2, -0.15) is 0 Å². The third-order valence-electron chi connectivity index (χ3n) is 3.51. The fourth-order valence-corrected chi connectivity index (χ4v) is 2.73. The zero-order valence-electron chi connectivity index (χ0n) is 15.2. The van der Waals surface area contributed by atoms with Gasteiger partial charge in [0, 0.05) is 25.2 Å². The standard InChI is InChI=1S/C16H35N3O2/c1-9-19(14(5)11-18(7)8)12-16(6,17-13(3)4)15(20)21-10-2/h13-14,17H,9-12H2,1-8H3. The molecule has 5 heteroatoms. The lowest BCUT2D eigenvalue weighted by Crippen LogP contribution is -2.61. The summed E-state index contributed by atoms with van der Waals surface area (Å²) in [6, 6.07) is 0.606. The monoisotopic (exact) mass is 301 g/mol. The highest BCUT2D eigenvalue weighted by Gasteiger charge is 2.37. The van der Waals surface area contributed by atoms with E-state index in [1.165, 1.54) is 0 Å². The zero-order valence-corrected chi connectivity index (χ0v) is 15.2. The van der Waals surface area contributed by atoms with Crippen LogP contribution >= 0.6 is 0 Å². The van der Waals surface area contributed by atoms with E-state index in [4.69, 9.17) is 4.74 Å². The summed E-state index contributed by atoms with van der Waals surface area (Å²) in [6.07, 6.45) is 0. The number of rotatable bonds is 10. The van der Waals surface area contributed by atoms with Crippen LogP contribution in [0.25, 0.3) is 0 Å². The molecule has 2 atom stereocenters. The molecule has 0 aromatic carbocycles. The third-order valence-corrected chi connectivity index (χ3v) is 3.51. The molecule has 0 aliphatic carbocycles. The Hall–Kier alpha value is -0.650. The van der Waals surface area contributed by atoms with Gasteiger partial charge in [-0.3, -0.25) is 15.0 Å². The summed E-state index contributed by atoms with van der Waals surface area (Å²) in [5, 5.41) is 3.38. The molecule has 0 rings (SSSR count). The molecule has 0 aromatic rings. The molecule has 0 spiro atoms. The second kappa shape index (κ2) is 9.38. The summed E-state index contributed by atoms with van der Waals surface area (Å²) in [5.41, 5.74) is -0.680. The van der Waals surface area contributed by atoms with Gasteiger partial charge in [0.05, 0.1) is 6.61 Å².